The Kier molecular flexibility index (Phi) is 10.8. The number of nitrogens with zero attached hydrogens (tertiary/aromatic N) is 4. The average molecular weight is 754 g/mol. The number of hydrogen-bond acceptors (Lipinski definition) is 8. The summed E-state index contributed by atoms with van der Waals surface area (Å²) in [5.41, 5.74) is 6.18. The zero-order valence-electron chi connectivity index (χ0n) is 35.4. The summed E-state index contributed by atoms with van der Waals surface area (Å²) in [6.07, 6.45) is 7.44. The minimum absolute atomic E-state index is 0.125. The minimum atomic E-state index is -1.18. The van der Waals surface area contributed by atoms with Crippen molar-refractivity contribution >= 4 is 12.1 Å². The Hall–Kier alpha value is -2.50. The molecule has 1 saturated heterocycles. The van der Waals surface area contributed by atoms with Crippen molar-refractivity contribution in [2.45, 2.75) is 145 Å². The van der Waals surface area contributed by atoms with Gasteiger partial charge >= 0.3 is 6.16 Å². The van der Waals surface area contributed by atoms with Crippen molar-refractivity contribution in [2.75, 3.05) is 32.9 Å². The normalized spacial score (nSPS) is 40.5. The fourth-order valence-corrected chi connectivity index (χ4v) is 12.6. The van der Waals surface area contributed by atoms with Crippen molar-refractivity contribution in [2.24, 2.45) is 62.4 Å². The molecule has 1 aromatic rings. The molecule has 4 fully saturated rings. The van der Waals surface area contributed by atoms with Gasteiger partial charge in [-0.3, -0.25) is 4.79 Å². The topological polar surface area (TPSA) is 142 Å². The molecule has 3 N–H and O–H groups in total. The first-order valence-corrected chi connectivity index (χ1v) is 21.0. The van der Waals surface area contributed by atoms with Gasteiger partial charge in [0.1, 0.15) is 12.4 Å². The summed E-state index contributed by atoms with van der Waals surface area (Å²) >= 11 is 0. The van der Waals surface area contributed by atoms with Crippen molar-refractivity contribution in [3.63, 3.8) is 0 Å². The van der Waals surface area contributed by atoms with Crippen LogP contribution in [0.4, 0.5) is 4.79 Å². The van der Waals surface area contributed by atoms with E-state index in [1.807, 2.05) is 18.5 Å². The maximum absolute atomic E-state index is 14.0. The zero-order valence-corrected chi connectivity index (χ0v) is 35.4. The predicted molar refractivity (Wildman–Crippen MR) is 209 cm³/mol. The van der Waals surface area contributed by atoms with Gasteiger partial charge in [-0.15, -0.1) is 0 Å². The molecular formula is C43H71N5O6. The van der Waals surface area contributed by atoms with Crippen LogP contribution in [0.15, 0.2) is 18.0 Å². The third-order valence-corrected chi connectivity index (χ3v) is 17.0. The van der Waals surface area contributed by atoms with Crippen molar-refractivity contribution in [3.05, 3.63) is 23.8 Å². The maximum atomic E-state index is 14.0. The summed E-state index contributed by atoms with van der Waals surface area (Å²) in [6, 6.07) is -0.277. The number of carbonyl (C=O) groups is 2. The van der Waals surface area contributed by atoms with Gasteiger partial charge < -0.3 is 30.0 Å². The van der Waals surface area contributed by atoms with Crippen LogP contribution in [0.5, 0.6) is 0 Å². The number of hydrogen-bond donors (Lipinski definition) is 2. The van der Waals surface area contributed by atoms with Crippen LogP contribution in [0.25, 0.3) is 0 Å². The SMILES string of the molecule is CCN(CC)C(=O)c1ncnn1[C@@H]1C[C@@]23COC[C@](C)([C@@H]2CC[C@H]2C3=CC[C@]3(C)[C@H](OC(=O)O)[C@@](C)([C@H](C)C(C)C)CC[C@]23C)[C@H]1OC[C@](C)(N)C(C)C. The van der Waals surface area contributed by atoms with Crippen LogP contribution in [-0.4, -0.2) is 87.5 Å². The van der Waals surface area contributed by atoms with E-state index in [0.29, 0.717) is 51.1 Å². The molecule has 0 unspecified atom stereocenters. The molecule has 3 saturated carbocycles. The van der Waals surface area contributed by atoms with Crippen LogP contribution < -0.4 is 5.73 Å². The molecule has 6 rings (SSSR count). The molecule has 0 radical (unpaired) electrons. The molecule has 2 heterocycles. The summed E-state index contributed by atoms with van der Waals surface area (Å²) < 4.78 is 21.8. The van der Waals surface area contributed by atoms with E-state index < -0.39 is 28.6 Å². The van der Waals surface area contributed by atoms with Gasteiger partial charge in [-0.2, -0.15) is 5.10 Å². The Morgan fingerprint density at radius 3 is 2.37 bits per heavy atom. The lowest BCUT2D eigenvalue weighted by Gasteiger charge is -2.71. The Bertz CT molecular complexity index is 1600. The molecule has 12 atom stereocenters. The smallest absolute Gasteiger partial charge is 0.450 e. The van der Waals surface area contributed by atoms with Crippen molar-refractivity contribution in [3.8, 4) is 0 Å². The number of rotatable bonds is 11. The van der Waals surface area contributed by atoms with Crippen molar-refractivity contribution in [1.82, 2.24) is 19.7 Å². The van der Waals surface area contributed by atoms with Gasteiger partial charge in [0.2, 0.25) is 5.82 Å². The molecule has 54 heavy (non-hydrogen) atoms. The minimum Gasteiger partial charge on any atom is -0.450 e. The molecule has 4 aliphatic carbocycles. The van der Waals surface area contributed by atoms with E-state index in [2.05, 4.69) is 80.3 Å². The van der Waals surface area contributed by atoms with E-state index in [-0.39, 0.29) is 58.0 Å². The number of carbonyl (C=O) groups excluding carboxylic acids is 1. The second-order valence-electron chi connectivity index (χ2n) is 20.0. The van der Waals surface area contributed by atoms with E-state index in [0.717, 1.165) is 32.1 Å². The monoisotopic (exact) mass is 754 g/mol. The second kappa shape index (κ2) is 14.2. The lowest BCUT2D eigenvalue weighted by atomic mass is 9.35. The highest BCUT2D eigenvalue weighted by Gasteiger charge is 2.72. The van der Waals surface area contributed by atoms with Gasteiger partial charge in [-0.05, 0) is 94.3 Å². The summed E-state index contributed by atoms with van der Waals surface area (Å²) in [6.45, 7) is 29.1. The van der Waals surface area contributed by atoms with Crippen LogP contribution in [-0.2, 0) is 14.2 Å². The summed E-state index contributed by atoms with van der Waals surface area (Å²) in [5, 5.41) is 15.0. The molecule has 1 aromatic heterocycles. The largest absolute Gasteiger partial charge is 0.506 e. The Morgan fingerprint density at radius 1 is 1.07 bits per heavy atom. The molecule has 11 nitrogen and oxygen atoms in total. The highest BCUT2D eigenvalue weighted by atomic mass is 16.7. The third-order valence-electron chi connectivity index (χ3n) is 17.0. The van der Waals surface area contributed by atoms with E-state index in [1.165, 1.54) is 11.9 Å². The maximum Gasteiger partial charge on any atom is 0.506 e. The number of allylic oxidation sites excluding steroid dienone is 1. The van der Waals surface area contributed by atoms with E-state index >= 15 is 0 Å². The van der Waals surface area contributed by atoms with Crippen molar-refractivity contribution < 1.29 is 28.9 Å². The first-order chi connectivity index (χ1) is 25.2. The van der Waals surface area contributed by atoms with Crippen LogP contribution >= 0.6 is 0 Å². The van der Waals surface area contributed by atoms with Gasteiger partial charge in [-0.1, -0.05) is 74.0 Å². The van der Waals surface area contributed by atoms with Crippen LogP contribution in [0, 0.1) is 56.7 Å². The quantitative estimate of drug-likeness (QED) is 0.170. The number of carboxylic acid groups (broad SMARTS) is 1. The highest BCUT2D eigenvalue weighted by Crippen LogP contribution is 2.74. The molecule has 11 heteroatoms. The number of ether oxygens (including phenoxy) is 3. The average Bonchev–Trinajstić information content (AvgIpc) is 3.60. The summed E-state index contributed by atoms with van der Waals surface area (Å²) in [7, 11) is 0. The Labute approximate surface area is 324 Å². The van der Waals surface area contributed by atoms with Crippen molar-refractivity contribution in [1.29, 1.82) is 0 Å². The van der Waals surface area contributed by atoms with E-state index in [9.17, 15) is 14.7 Å². The van der Waals surface area contributed by atoms with Gasteiger partial charge in [0.25, 0.3) is 5.91 Å². The number of amides is 1. The van der Waals surface area contributed by atoms with E-state index in [1.54, 1.807) is 4.90 Å². The first-order valence-electron chi connectivity index (χ1n) is 21.0. The Balaban J connectivity index is 1.48. The van der Waals surface area contributed by atoms with Gasteiger partial charge in [0.05, 0.1) is 32.0 Å². The Morgan fingerprint density at radius 2 is 1.76 bits per heavy atom. The molecular weight excluding hydrogens is 683 g/mol. The molecule has 0 aromatic carbocycles. The van der Waals surface area contributed by atoms with Crippen LogP contribution in [0.1, 0.15) is 138 Å². The highest BCUT2D eigenvalue weighted by molar-refractivity contribution is 5.90. The molecule has 304 valence electrons. The standard InChI is InChI=1S/C43H71N5O6/c1-13-47(14-2)35(49)34-45-25-46-48(34)31-21-43-24-52-22-39(9,33(31)53-23-42(12,44)27(5)6)32(43)16-15-29-30(43)17-18-41(11)36(54-37(50)51)38(8,28(7)26(3)4)19-20-40(29,41)10/h17,25-29,31-33,36H,13-16,18-24,44H2,1-12H3,(H,50,51)/t28-,29+,31-,32+,33+,36-,38-,39-,40-,41-,42+,43+/m1/s1. The molecule has 2 bridgehead atoms. The second-order valence-corrected chi connectivity index (χ2v) is 20.0. The summed E-state index contributed by atoms with van der Waals surface area (Å²) in [5.74, 6) is 1.62. The predicted octanol–water partition coefficient (Wildman–Crippen LogP) is 8.01. The van der Waals surface area contributed by atoms with Crippen LogP contribution in [0.2, 0.25) is 0 Å². The molecule has 5 aliphatic rings. The number of nitrogens with two attached hydrogens (primary N) is 1. The lowest BCUT2D eigenvalue weighted by Crippen LogP contribution is -2.70. The van der Waals surface area contributed by atoms with Gasteiger partial charge in [0.15, 0.2) is 0 Å². The fraction of sp³-hybridized carbons (Fsp3) is 0.860. The first kappa shape index (κ1) is 41.1. The fourth-order valence-electron chi connectivity index (χ4n) is 12.6. The van der Waals surface area contributed by atoms with E-state index in [4.69, 9.17) is 25.0 Å². The molecule has 1 aliphatic heterocycles. The zero-order chi connectivity index (χ0) is 39.8. The van der Waals surface area contributed by atoms with Crippen LogP contribution in [0.3, 0.4) is 0 Å². The molecule has 0 spiro atoms. The number of aromatic nitrogens is 3. The lowest BCUT2D eigenvalue weighted by molar-refractivity contribution is -0.256. The third kappa shape index (κ3) is 5.98. The number of fused-ring (bicyclic) bond motifs is 3. The summed E-state index contributed by atoms with van der Waals surface area (Å²) in [4.78, 5) is 32.9. The molecule has 1 amide bonds. The van der Waals surface area contributed by atoms with Gasteiger partial charge in [-0.25, -0.2) is 14.5 Å². The van der Waals surface area contributed by atoms with Gasteiger partial charge in [0, 0.05) is 40.3 Å².